The summed E-state index contributed by atoms with van der Waals surface area (Å²) < 4.78 is 9.75. The summed E-state index contributed by atoms with van der Waals surface area (Å²) in [6, 6.07) is 0. The van der Waals surface area contributed by atoms with Crippen molar-refractivity contribution < 1.29 is 24.0 Å². The van der Waals surface area contributed by atoms with E-state index < -0.39 is 18.0 Å². The fourth-order valence-corrected chi connectivity index (χ4v) is 0.739. The van der Waals surface area contributed by atoms with E-state index in [1.54, 1.807) is 27.7 Å². The molecule has 1 rings (SSSR count). The van der Waals surface area contributed by atoms with Gasteiger partial charge in [0.1, 0.15) is 0 Å². The number of rotatable bonds is 3. The zero-order valence-corrected chi connectivity index (χ0v) is 8.20. The monoisotopic (exact) mass is 190 g/mol. The second kappa shape index (κ2) is 3.51. The number of ether oxygens (including phenoxy) is 2. The molecule has 1 heterocycles. The molecule has 0 radical (unpaired) electrons. The lowest BCUT2D eigenvalue weighted by Gasteiger charge is -2.20. The first-order chi connectivity index (χ1) is 5.92. The molecule has 0 amide bonds. The summed E-state index contributed by atoms with van der Waals surface area (Å²) in [5.41, 5.74) is -0.800. The fraction of sp³-hybridized carbons (Fsp3) is 0.875. The normalized spacial score (nSPS) is 17.3. The summed E-state index contributed by atoms with van der Waals surface area (Å²) in [6.07, 6.45) is -1.38. The maximum Gasteiger partial charge on any atom is 0.509 e. The van der Waals surface area contributed by atoms with Crippen LogP contribution in [0.25, 0.3) is 0 Å². The summed E-state index contributed by atoms with van der Waals surface area (Å²) in [7, 11) is 0. The molecule has 1 aliphatic rings. The topological polar surface area (TPSA) is 60.6 Å². The third-order valence-corrected chi connectivity index (χ3v) is 1.44. The maximum atomic E-state index is 11.0. The smallest absolute Gasteiger partial charge is 0.432 e. The summed E-state index contributed by atoms with van der Waals surface area (Å²) >= 11 is 0. The average Bonchev–Trinajstić information content (AvgIpc) is 2.60. The van der Waals surface area contributed by atoms with Crippen LogP contribution in [0.15, 0.2) is 0 Å². The molecule has 0 spiro atoms. The van der Waals surface area contributed by atoms with Gasteiger partial charge in [-0.3, -0.25) is 0 Å². The van der Waals surface area contributed by atoms with Crippen molar-refractivity contribution >= 4 is 6.16 Å². The largest absolute Gasteiger partial charge is 0.509 e. The van der Waals surface area contributed by atoms with Crippen LogP contribution < -0.4 is 0 Å². The zero-order valence-electron chi connectivity index (χ0n) is 8.20. The van der Waals surface area contributed by atoms with Gasteiger partial charge in [-0.25, -0.2) is 4.79 Å². The maximum absolute atomic E-state index is 11.0. The summed E-state index contributed by atoms with van der Waals surface area (Å²) in [5.74, 6) is 0. The Hall–Kier alpha value is -0.810. The van der Waals surface area contributed by atoms with Gasteiger partial charge in [-0.2, -0.15) is 9.78 Å². The van der Waals surface area contributed by atoms with Gasteiger partial charge in [-0.05, 0) is 27.7 Å². The summed E-state index contributed by atoms with van der Waals surface area (Å²) in [6.45, 7) is 6.87. The van der Waals surface area contributed by atoms with Crippen molar-refractivity contribution in [2.75, 3.05) is 0 Å². The van der Waals surface area contributed by atoms with Crippen molar-refractivity contribution in [3.05, 3.63) is 0 Å². The molecular weight excluding hydrogens is 176 g/mol. The van der Waals surface area contributed by atoms with Gasteiger partial charge in [0.15, 0.2) is 5.60 Å². The molecule has 1 fully saturated rings. The van der Waals surface area contributed by atoms with E-state index >= 15 is 0 Å². The molecule has 76 valence electrons. The van der Waals surface area contributed by atoms with Crippen molar-refractivity contribution in [1.29, 1.82) is 0 Å². The van der Waals surface area contributed by atoms with Crippen molar-refractivity contribution in [2.45, 2.75) is 45.7 Å². The highest BCUT2D eigenvalue weighted by Gasteiger charge is 2.46. The van der Waals surface area contributed by atoms with Gasteiger partial charge in [0.2, 0.25) is 0 Å². The average molecular weight is 190 g/mol. The van der Waals surface area contributed by atoms with Crippen LogP contribution in [-0.4, -0.2) is 24.2 Å². The third-order valence-electron chi connectivity index (χ3n) is 1.44. The third kappa shape index (κ3) is 3.20. The first-order valence-corrected chi connectivity index (χ1v) is 4.13. The fourth-order valence-electron chi connectivity index (χ4n) is 0.739. The predicted molar refractivity (Wildman–Crippen MR) is 42.7 cm³/mol. The van der Waals surface area contributed by atoms with Crippen molar-refractivity contribution in [3.63, 3.8) is 0 Å². The minimum Gasteiger partial charge on any atom is -0.432 e. The van der Waals surface area contributed by atoms with Crippen LogP contribution in [0.4, 0.5) is 4.79 Å². The molecule has 0 aromatic carbocycles. The number of carbonyl (C=O) groups excluding carboxylic acids is 1. The van der Waals surface area contributed by atoms with E-state index in [0.717, 1.165) is 0 Å². The molecule has 0 unspecified atom stereocenters. The minimum absolute atomic E-state index is 0.190. The van der Waals surface area contributed by atoms with E-state index in [9.17, 15) is 4.79 Å². The Kier molecular flexibility index (Phi) is 2.77. The molecule has 0 aliphatic carbocycles. The molecule has 0 bridgehead atoms. The Morgan fingerprint density at radius 3 is 2.31 bits per heavy atom. The van der Waals surface area contributed by atoms with E-state index in [1.807, 2.05) is 0 Å². The SMILES string of the molecule is CC(C)OC(=O)OC(C)(C)C1OO1. The van der Waals surface area contributed by atoms with E-state index in [-0.39, 0.29) is 6.10 Å². The van der Waals surface area contributed by atoms with E-state index in [0.29, 0.717) is 0 Å². The second-order valence-corrected chi connectivity index (χ2v) is 3.65. The zero-order chi connectivity index (χ0) is 10.1. The quantitative estimate of drug-likeness (QED) is 0.384. The van der Waals surface area contributed by atoms with Crippen LogP contribution in [0.3, 0.4) is 0 Å². The number of carbonyl (C=O) groups is 1. The number of hydrogen-bond donors (Lipinski definition) is 0. The minimum atomic E-state index is -0.800. The number of hydrogen-bond acceptors (Lipinski definition) is 5. The second-order valence-electron chi connectivity index (χ2n) is 3.65. The molecule has 5 nitrogen and oxygen atoms in total. The van der Waals surface area contributed by atoms with Crippen LogP contribution >= 0.6 is 0 Å². The molecule has 0 aromatic heterocycles. The lowest BCUT2D eigenvalue weighted by atomic mass is 10.1. The van der Waals surface area contributed by atoms with Gasteiger partial charge in [0, 0.05) is 0 Å². The Bertz CT molecular complexity index is 195. The molecule has 5 heteroatoms. The summed E-state index contributed by atoms with van der Waals surface area (Å²) in [5, 5.41) is 0. The van der Waals surface area contributed by atoms with Gasteiger partial charge >= 0.3 is 6.16 Å². The van der Waals surface area contributed by atoms with E-state index in [4.69, 9.17) is 9.47 Å². The highest BCUT2D eigenvalue weighted by molar-refractivity contribution is 5.60. The lowest BCUT2D eigenvalue weighted by Crippen LogP contribution is -2.34. The highest BCUT2D eigenvalue weighted by atomic mass is 17.4. The molecule has 0 saturated carbocycles. The van der Waals surface area contributed by atoms with Crippen LogP contribution in [0.1, 0.15) is 27.7 Å². The van der Waals surface area contributed by atoms with Crippen LogP contribution in [0.2, 0.25) is 0 Å². The molecule has 13 heavy (non-hydrogen) atoms. The van der Waals surface area contributed by atoms with Gasteiger partial charge in [-0.1, -0.05) is 0 Å². The van der Waals surface area contributed by atoms with Gasteiger partial charge in [0.05, 0.1) is 6.10 Å². The van der Waals surface area contributed by atoms with E-state index in [1.165, 1.54) is 0 Å². The molecule has 1 saturated heterocycles. The van der Waals surface area contributed by atoms with Gasteiger partial charge in [-0.15, -0.1) is 0 Å². The Labute approximate surface area is 76.8 Å². The predicted octanol–water partition coefficient (Wildman–Crippen LogP) is 1.61. The van der Waals surface area contributed by atoms with Crippen LogP contribution in [0, 0.1) is 0 Å². The van der Waals surface area contributed by atoms with Crippen molar-refractivity contribution in [3.8, 4) is 0 Å². The Balaban J connectivity index is 2.33. The molecular formula is C8H14O5. The van der Waals surface area contributed by atoms with Gasteiger partial charge in [0.25, 0.3) is 6.29 Å². The molecule has 1 aliphatic heterocycles. The van der Waals surface area contributed by atoms with Crippen molar-refractivity contribution in [1.82, 2.24) is 0 Å². The molecule has 0 atom stereocenters. The van der Waals surface area contributed by atoms with Gasteiger partial charge < -0.3 is 9.47 Å². The Morgan fingerprint density at radius 2 is 1.92 bits per heavy atom. The lowest BCUT2D eigenvalue weighted by molar-refractivity contribution is -0.0416. The molecule has 0 aromatic rings. The molecule has 0 N–H and O–H groups in total. The van der Waals surface area contributed by atoms with Crippen LogP contribution in [0.5, 0.6) is 0 Å². The van der Waals surface area contributed by atoms with Crippen molar-refractivity contribution in [2.24, 2.45) is 0 Å². The van der Waals surface area contributed by atoms with Crippen LogP contribution in [-0.2, 0) is 19.2 Å². The first kappa shape index (κ1) is 10.3. The highest BCUT2D eigenvalue weighted by Crippen LogP contribution is 2.29. The van der Waals surface area contributed by atoms with E-state index in [2.05, 4.69) is 9.78 Å². The Morgan fingerprint density at radius 1 is 1.38 bits per heavy atom. The standard InChI is InChI=1S/C8H14O5/c1-5(2)10-7(9)11-8(3,4)6-12-13-6/h5-6H,1-4H3. The summed E-state index contributed by atoms with van der Waals surface area (Å²) in [4.78, 5) is 20.1. The first-order valence-electron chi connectivity index (χ1n) is 4.13.